The van der Waals surface area contributed by atoms with Gasteiger partial charge >= 0.3 is 0 Å². The molecule has 0 atom stereocenters. The van der Waals surface area contributed by atoms with Crippen molar-refractivity contribution in [2.45, 2.75) is 25.7 Å². The highest BCUT2D eigenvalue weighted by Gasteiger charge is 2.14. The Hall–Kier alpha value is -2.74. The van der Waals surface area contributed by atoms with Gasteiger partial charge in [0.2, 0.25) is 0 Å². The SMILES string of the molecule is c1ccc(Cc2ccc(Nc3ccccc3N3CCCCC3)cc2)cc1. The fourth-order valence-electron chi connectivity index (χ4n) is 3.68. The molecule has 1 fully saturated rings. The van der Waals surface area contributed by atoms with E-state index in [9.17, 15) is 0 Å². The molecule has 3 aromatic carbocycles. The lowest BCUT2D eigenvalue weighted by atomic mass is 10.0. The van der Waals surface area contributed by atoms with Crippen molar-refractivity contribution in [2.24, 2.45) is 0 Å². The minimum Gasteiger partial charge on any atom is -0.370 e. The lowest BCUT2D eigenvalue weighted by Gasteiger charge is -2.30. The first-order valence-electron chi connectivity index (χ1n) is 9.62. The van der Waals surface area contributed by atoms with E-state index in [0.717, 1.165) is 25.2 Å². The molecule has 0 aromatic heterocycles. The van der Waals surface area contributed by atoms with E-state index in [0.29, 0.717) is 0 Å². The van der Waals surface area contributed by atoms with Crippen LogP contribution in [0.15, 0.2) is 78.9 Å². The third-order valence-electron chi connectivity index (χ3n) is 5.08. The minimum absolute atomic E-state index is 0.978. The Labute approximate surface area is 156 Å². The van der Waals surface area contributed by atoms with Crippen molar-refractivity contribution in [1.29, 1.82) is 0 Å². The second kappa shape index (κ2) is 8.09. The molecular weight excluding hydrogens is 316 g/mol. The van der Waals surface area contributed by atoms with Crippen LogP contribution in [0.3, 0.4) is 0 Å². The van der Waals surface area contributed by atoms with Crippen LogP contribution < -0.4 is 10.2 Å². The molecule has 2 heteroatoms. The first-order valence-corrected chi connectivity index (χ1v) is 9.62. The minimum atomic E-state index is 0.978. The van der Waals surface area contributed by atoms with Crippen LogP contribution in [0.5, 0.6) is 0 Å². The summed E-state index contributed by atoms with van der Waals surface area (Å²) in [6, 6.07) is 28.1. The molecule has 0 radical (unpaired) electrons. The van der Waals surface area contributed by atoms with Gasteiger partial charge in [-0.3, -0.25) is 0 Å². The summed E-state index contributed by atoms with van der Waals surface area (Å²) in [5, 5.41) is 3.62. The van der Waals surface area contributed by atoms with E-state index in [1.54, 1.807) is 0 Å². The predicted molar refractivity (Wildman–Crippen MR) is 111 cm³/mol. The van der Waals surface area contributed by atoms with E-state index >= 15 is 0 Å². The molecule has 3 aromatic rings. The van der Waals surface area contributed by atoms with Gasteiger partial charge in [0.25, 0.3) is 0 Å². The number of benzene rings is 3. The van der Waals surface area contributed by atoms with E-state index in [-0.39, 0.29) is 0 Å². The zero-order valence-electron chi connectivity index (χ0n) is 15.2. The summed E-state index contributed by atoms with van der Waals surface area (Å²) in [5.41, 5.74) is 6.35. The maximum atomic E-state index is 3.62. The van der Waals surface area contributed by atoms with Gasteiger partial charge in [-0.2, -0.15) is 0 Å². The number of nitrogens with one attached hydrogen (secondary N) is 1. The lowest BCUT2D eigenvalue weighted by molar-refractivity contribution is 0.578. The highest BCUT2D eigenvalue weighted by Crippen LogP contribution is 2.30. The highest BCUT2D eigenvalue weighted by molar-refractivity contribution is 5.75. The van der Waals surface area contributed by atoms with E-state index < -0.39 is 0 Å². The molecule has 0 unspecified atom stereocenters. The molecule has 1 saturated heterocycles. The van der Waals surface area contributed by atoms with Gasteiger partial charge in [0.15, 0.2) is 0 Å². The molecule has 0 saturated carbocycles. The van der Waals surface area contributed by atoms with Crippen LogP contribution in [-0.2, 0) is 6.42 Å². The molecule has 1 N–H and O–H groups in total. The van der Waals surface area contributed by atoms with Crippen molar-refractivity contribution >= 4 is 17.1 Å². The largest absolute Gasteiger partial charge is 0.370 e. The summed E-state index contributed by atoms with van der Waals surface area (Å²) in [6.45, 7) is 2.32. The molecule has 1 heterocycles. The molecule has 0 spiro atoms. The molecule has 0 aliphatic carbocycles. The van der Waals surface area contributed by atoms with Crippen molar-refractivity contribution in [3.8, 4) is 0 Å². The van der Waals surface area contributed by atoms with E-state index in [2.05, 4.69) is 89.1 Å². The number of nitrogens with zero attached hydrogens (tertiary/aromatic N) is 1. The fraction of sp³-hybridized carbons (Fsp3) is 0.250. The number of anilines is 3. The Bertz CT molecular complexity index is 818. The second-order valence-electron chi connectivity index (χ2n) is 7.05. The van der Waals surface area contributed by atoms with Gasteiger partial charge in [-0.05, 0) is 61.1 Å². The number of hydrogen-bond acceptors (Lipinski definition) is 2. The molecular formula is C24H26N2. The highest BCUT2D eigenvalue weighted by atomic mass is 15.1. The average molecular weight is 342 g/mol. The van der Waals surface area contributed by atoms with Crippen molar-refractivity contribution in [3.63, 3.8) is 0 Å². The predicted octanol–water partition coefficient (Wildman–Crippen LogP) is 6.01. The molecule has 2 nitrogen and oxygen atoms in total. The second-order valence-corrected chi connectivity index (χ2v) is 7.05. The Morgan fingerprint density at radius 1 is 0.654 bits per heavy atom. The van der Waals surface area contributed by atoms with E-state index in [1.165, 1.54) is 41.8 Å². The Morgan fingerprint density at radius 2 is 1.31 bits per heavy atom. The molecule has 4 rings (SSSR count). The Morgan fingerprint density at radius 3 is 2.08 bits per heavy atom. The van der Waals surface area contributed by atoms with Crippen LogP contribution in [0.25, 0.3) is 0 Å². The quantitative estimate of drug-likeness (QED) is 0.610. The molecule has 132 valence electrons. The summed E-state index contributed by atoms with van der Waals surface area (Å²) in [4.78, 5) is 2.51. The van der Waals surface area contributed by atoms with Gasteiger partial charge in [-0.15, -0.1) is 0 Å². The van der Waals surface area contributed by atoms with Crippen LogP contribution >= 0.6 is 0 Å². The summed E-state index contributed by atoms with van der Waals surface area (Å²) < 4.78 is 0. The summed E-state index contributed by atoms with van der Waals surface area (Å²) in [5.74, 6) is 0. The third kappa shape index (κ3) is 4.08. The van der Waals surface area contributed by atoms with Crippen LogP contribution in [0.1, 0.15) is 30.4 Å². The molecule has 0 bridgehead atoms. The van der Waals surface area contributed by atoms with Crippen LogP contribution in [-0.4, -0.2) is 13.1 Å². The van der Waals surface area contributed by atoms with Gasteiger partial charge in [0, 0.05) is 18.8 Å². The Kier molecular flexibility index (Phi) is 5.20. The lowest BCUT2D eigenvalue weighted by Crippen LogP contribution is -2.29. The zero-order chi connectivity index (χ0) is 17.6. The first-order chi connectivity index (χ1) is 12.9. The molecule has 1 aliphatic heterocycles. The van der Waals surface area contributed by atoms with Crippen molar-refractivity contribution in [1.82, 2.24) is 0 Å². The third-order valence-corrected chi connectivity index (χ3v) is 5.08. The van der Waals surface area contributed by atoms with Crippen LogP contribution in [0.4, 0.5) is 17.1 Å². The van der Waals surface area contributed by atoms with E-state index in [4.69, 9.17) is 0 Å². The van der Waals surface area contributed by atoms with Gasteiger partial charge in [-0.25, -0.2) is 0 Å². The van der Waals surface area contributed by atoms with Gasteiger partial charge in [0.1, 0.15) is 0 Å². The average Bonchev–Trinajstić information content (AvgIpc) is 2.71. The number of hydrogen-bond donors (Lipinski definition) is 1. The maximum Gasteiger partial charge on any atom is 0.0622 e. The first kappa shape index (κ1) is 16.7. The van der Waals surface area contributed by atoms with Crippen LogP contribution in [0.2, 0.25) is 0 Å². The normalized spacial score (nSPS) is 14.2. The molecule has 0 amide bonds. The summed E-state index contributed by atoms with van der Waals surface area (Å²) in [6.07, 6.45) is 4.92. The summed E-state index contributed by atoms with van der Waals surface area (Å²) >= 11 is 0. The number of rotatable bonds is 5. The van der Waals surface area contributed by atoms with Crippen molar-refractivity contribution < 1.29 is 0 Å². The maximum absolute atomic E-state index is 3.62. The summed E-state index contributed by atoms with van der Waals surface area (Å²) in [7, 11) is 0. The van der Waals surface area contributed by atoms with Gasteiger partial charge < -0.3 is 10.2 Å². The van der Waals surface area contributed by atoms with E-state index in [1.807, 2.05) is 0 Å². The van der Waals surface area contributed by atoms with Crippen LogP contribution in [0, 0.1) is 0 Å². The molecule has 1 aliphatic rings. The van der Waals surface area contributed by atoms with Crippen molar-refractivity contribution in [3.05, 3.63) is 90.0 Å². The number of para-hydroxylation sites is 2. The standard InChI is InChI=1S/C24H26N2/c1-3-9-20(10-4-1)19-21-13-15-22(16-14-21)25-23-11-5-6-12-24(23)26-17-7-2-8-18-26/h1,3-6,9-16,25H,2,7-8,17-19H2. The number of piperidine rings is 1. The molecule has 26 heavy (non-hydrogen) atoms. The van der Waals surface area contributed by atoms with Gasteiger partial charge in [0.05, 0.1) is 11.4 Å². The zero-order valence-corrected chi connectivity index (χ0v) is 15.2. The Balaban J connectivity index is 1.47. The fourth-order valence-corrected chi connectivity index (χ4v) is 3.68. The topological polar surface area (TPSA) is 15.3 Å². The smallest absolute Gasteiger partial charge is 0.0622 e. The van der Waals surface area contributed by atoms with Gasteiger partial charge in [-0.1, -0.05) is 54.6 Å². The monoisotopic (exact) mass is 342 g/mol. The van der Waals surface area contributed by atoms with Crippen molar-refractivity contribution in [2.75, 3.05) is 23.3 Å².